The molecule has 0 atom stereocenters. The van der Waals surface area contributed by atoms with Gasteiger partial charge < -0.3 is 5.11 Å². The maximum atomic E-state index is 10.8. The number of nitro groups is 1. The summed E-state index contributed by atoms with van der Waals surface area (Å²) in [6, 6.07) is 6.08. The highest BCUT2D eigenvalue weighted by atomic mass is 16.6. The van der Waals surface area contributed by atoms with Crippen LogP contribution in [-0.2, 0) is 0 Å². The second-order valence-corrected chi connectivity index (χ2v) is 3.23. The molecule has 0 bridgehead atoms. The van der Waals surface area contributed by atoms with E-state index in [4.69, 9.17) is 5.11 Å². The van der Waals surface area contributed by atoms with E-state index in [0.29, 0.717) is 15.8 Å². The van der Waals surface area contributed by atoms with Gasteiger partial charge in [-0.15, -0.1) is 0 Å². The van der Waals surface area contributed by atoms with E-state index in [1.54, 1.807) is 18.2 Å². The van der Waals surface area contributed by atoms with Crippen molar-refractivity contribution in [3.8, 4) is 11.1 Å². The molecule has 0 fully saturated rings. The van der Waals surface area contributed by atoms with Gasteiger partial charge in [-0.2, -0.15) is 9.78 Å². The molecule has 0 unspecified atom stereocenters. The summed E-state index contributed by atoms with van der Waals surface area (Å²) in [6.07, 6.45) is 1.26. The molecule has 0 aliphatic carbocycles. The van der Waals surface area contributed by atoms with Crippen molar-refractivity contribution in [2.24, 2.45) is 0 Å². The molecule has 86 valence electrons. The number of rotatable bonds is 2. The Morgan fingerprint density at radius 3 is 2.71 bits per heavy atom. The number of para-hydroxylation sites is 1. The summed E-state index contributed by atoms with van der Waals surface area (Å²) in [4.78, 5) is 20.9. The molecule has 0 amide bonds. The minimum atomic E-state index is -1.24. The first-order valence-corrected chi connectivity index (χ1v) is 4.61. The van der Waals surface area contributed by atoms with Crippen LogP contribution in [-0.4, -0.2) is 25.9 Å². The molecular weight excluding hydrogens is 226 g/mol. The van der Waals surface area contributed by atoms with Crippen molar-refractivity contribution < 1.29 is 14.8 Å². The molecule has 1 aromatic heterocycles. The van der Waals surface area contributed by atoms with E-state index in [9.17, 15) is 14.9 Å². The molecule has 2 aromatic rings. The van der Waals surface area contributed by atoms with Gasteiger partial charge in [0.1, 0.15) is 0 Å². The van der Waals surface area contributed by atoms with E-state index in [1.165, 1.54) is 18.5 Å². The third-order valence-corrected chi connectivity index (χ3v) is 2.19. The SMILES string of the molecule is O=C(O)n1cc(-c2ccccc2[N+](=O)[O-])cn1. The van der Waals surface area contributed by atoms with Gasteiger partial charge in [-0.25, -0.2) is 4.79 Å². The second kappa shape index (κ2) is 4.05. The third kappa shape index (κ3) is 1.98. The van der Waals surface area contributed by atoms with Gasteiger partial charge in [0, 0.05) is 17.8 Å². The van der Waals surface area contributed by atoms with Gasteiger partial charge >= 0.3 is 6.09 Å². The Balaban J connectivity index is 2.52. The molecule has 0 spiro atoms. The van der Waals surface area contributed by atoms with E-state index in [0.717, 1.165) is 0 Å². The molecule has 1 aromatic carbocycles. The number of hydrogen-bond donors (Lipinski definition) is 1. The van der Waals surface area contributed by atoms with Crippen LogP contribution in [0.1, 0.15) is 0 Å². The Hall–Kier alpha value is -2.70. The lowest BCUT2D eigenvalue weighted by atomic mass is 10.1. The second-order valence-electron chi connectivity index (χ2n) is 3.23. The molecule has 7 heteroatoms. The molecule has 0 saturated heterocycles. The van der Waals surface area contributed by atoms with E-state index < -0.39 is 11.0 Å². The number of benzene rings is 1. The molecule has 1 N–H and O–H groups in total. The Labute approximate surface area is 95.1 Å². The van der Waals surface area contributed by atoms with Crippen molar-refractivity contribution in [1.82, 2.24) is 9.78 Å². The summed E-state index contributed by atoms with van der Waals surface area (Å²) in [5.41, 5.74) is 0.641. The fourth-order valence-corrected chi connectivity index (χ4v) is 1.44. The standard InChI is InChI=1S/C10H7N3O4/c14-10(15)12-6-7(5-11-12)8-3-1-2-4-9(8)13(16)17/h1-6H,(H,14,15). The summed E-state index contributed by atoms with van der Waals surface area (Å²) in [7, 11) is 0. The summed E-state index contributed by atoms with van der Waals surface area (Å²) in [5.74, 6) is 0. The fraction of sp³-hybridized carbons (Fsp3) is 0. The summed E-state index contributed by atoms with van der Waals surface area (Å²) in [5, 5.41) is 23.1. The smallest absolute Gasteiger partial charge is 0.432 e. The molecule has 17 heavy (non-hydrogen) atoms. The lowest BCUT2D eigenvalue weighted by Crippen LogP contribution is -2.07. The number of hydrogen-bond acceptors (Lipinski definition) is 4. The van der Waals surface area contributed by atoms with Crippen molar-refractivity contribution in [3.63, 3.8) is 0 Å². The minimum absolute atomic E-state index is 0.0857. The Morgan fingerprint density at radius 2 is 2.12 bits per heavy atom. The Bertz CT molecular complexity index is 591. The number of aromatic nitrogens is 2. The van der Waals surface area contributed by atoms with E-state index in [2.05, 4.69) is 5.10 Å². The quantitative estimate of drug-likeness (QED) is 0.631. The van der Waals surface area contributed by atoms with Crippen LogP contribution >= 0.6 is 0 Å². The van der Waals surface area contributed by atoms with Crippen molar-refractivity contribution in [1.29, 1.82) is 0 Å². The van der Waals surface area contributed by atoms with Crippen LogP contribution in [0.15, 0.2) is 36.7 Å². The van der Waals surface area contributed by atoms with Crippen LogP contribution in [0, 0.1) is 10.1 Å². The van der Waals surface area contributed by atoms with Crippen molar-refractivity contribution in [2.45, 2.75) is 0 Å². The van der Waals surface area contributed by atoms with E-state index in [-0.39, 0.29) is 5.69 Å². The highest BCUT2D eigenvalue weighted by Crippen LogP contribution is 2.28. The van der Waals surface area contributed by atoms with Crippen LogP contribution in [0.25, 0.3) is 11.1 Å². The first-order valence-electron chi connectivity index (χ1n) is 4.61. The highest BCUT2D eigenvalue weighted by molar-refractivity contribution is 5.75. The number of nitro benzene ring substituents is 1. The summed E-state index contributed by atoms with van der Waals surface area (Å²) in [6.45, 7) is 0. The molecule has 0 aliphatic rings. The van der Waals surface area contributed by atoms with Gasteiger partial charge in [0.15, 0.2) is 0 Å². The zero-order valence-electron chi connectivity index (χ0n) is 8.48. The zero-order valence-corrected chi connectivity index (χ0v) is 8.48. The van der Waals surface area contributed by atoms with Gasteiger partial charge in [0.2, 0.25) is 0 Å². The maximum absolute atomic E-state index is 10.8. The van der Waals surface area contributed by atoms with E-state index >= 15 is 0 Å². The number of carboxylic acid groups (broad SMARTS) is 1. The molecule has 0 radical (unpaired) electrons. The maximum Gasteiger partial charge on any atom is 0.432 e. The largest absolute Gasteiger partial charge is 0.463 e. The molecule has 0 saturated carbocycles. The van der Waals surface area contributed by atoms with Gasteiger partial charge in [-0.3, -0.25) is 10.1 Å². The van der Waals surface area contributed by atoms with Crippen LogP contribution < -0.4 is 0 Å². The summed E-state index contributed by atoms with van der Waals surface area (Å²) < 4.78 is 0.700. The monoisotopic (exact) mass is 233 g/mol. The fourth-order valence-electron chi connectivity index (χ4n) is 1.44. The molecule has 0 aliphatic heterocycles. The normalized spacial score (nSPS) is 10.1. The predicted molar refractivity (Wildman–Crippen MR) is 57.7 cm³/mol. The zero-order chi connectivity index (χ0) is 12.4. The lowest BCUT2D eigenvalue weighted by molar-refractivity contribution is -0.384. The van der Waals surface area contributed by atoms with Gasteiger partial charge in [0.25, 0.3) is 5.69 Å². The topological polar surface area (TPSA) is 98.3 Å². The van der Waals surface area contributed by atoms with Crippen LogP contribution in [0.3, 0.4) is 0 Å². The first kappa shape index (κ1) is 10.8. The Kier molecular flexibility index (Phi) is 2.57. The molecular formula is C10H7N3O4. The predicted octanol–water partition coefficient (Wildman–Crippen LogP) is 1.98. The average Bonchev–Trinajstić information content (AvgIpc) is 2.78. The average molecular weight is 233 g/mol. The number of carbonyl (C=O) groups is 1. The van der Waals surface area contributed by atoms with Crippen LogP contribution in [0.4, 0.5) is 10.5 Å². The lowest BCUT2D eigenvalue weighted by Gasteiger charge is -1.98. The molecule has 1 heterocycles. The first-order chi connectivity index (χ1) is 8.09. The molecule has 2 rings (SSSR count). The van der Waals surface area contributed by atoms with Gasteiger partial charge in [-0.1, -0.05) is 12.1 Å². The highest BCUT2D eigenvalue weighted by Gasteiger charge is 2.16. The van der Waals surface area contributed by atoms with E-state index in [1.807, 2.05) is 0 Å². The van der Waals surface area contributed by atoms with Crippen LogP contribution in [0.2, 0.25) is 0 Å². The molecule has 7 nitrogen and oxygen atoms in total. The third-order valence-electron chi connectivity index (χ3n) is 2.19. The van der Waals surface area contributed by atoms with Crippen LogP contribution in [0.5, 0.6) is 0 Å². The van der Waals surface area contributed by atoms with Crippen molar-refractivity contribution in [2.75, 3.05) is 0 Å². The van der Waals surface area contributed by atoms with Gasteiger partial charge in [-0.05, 0) is 6.07 Å². The Morgan fingerprint density at radius 1 is 1.41 bits per heavy atom. The number of nitrogens with zero attached hydrogens (tertiary/aromatic N) is 3. The summed E-state index contributed by atoms with van der Waals surface area (Å²) >= 11 is 0. The van der Waals surface area contributed by atoms with Crippen molar-refractivity contribution >= 4 is 11.8 Å². The minimum Gasteiger partial charge on any atom is -0.463 e. The van der Waals surface area contributed by atoms with Crippen molar-refractivity contribution in [3.05, 3.63) is 46.8 Å². The van der Waals surface area contributed by atoms with Gasteiger partial charge in [0.05, 0.1) is 16.7 Å².